The summed E-state index contributed by atoms with van der Waals surface area (Å²) in [6, 6.07) is 8.16. The van der Waals surface area contributed by atoms with E-state index in [1.54, 1.807) is 0 Å². The number of nitrogens with one attached hydrogen (secondary N) is 1. The Morgan fingerprint density at radius 3 is 2.95 bits per heavy atom. The molecule has 0 unspecified atom stereocenters. The summed E-state index contributed by atoms with van der Waals surface area (Å²) in [6.07, 6.45) is 1.40. The fraction of sp³-hybridized carbons (Fsp3) is 0.533. The Morgan fingerprint density at radius 2 is 2.26 bits per heavy atom. The van der Waals surface area contributed by atoms with Crippen LogP contribution in [0.2, 0.25) is 0 Å². The Hall–Kier alpha value is -0.870. The zero-order valence-electron chi connectivity index (χ0n) is 11.6. The number of amides is 1. The van der Waals surface area contributed by atoms with Crippen LogP contribution in [0.3, 0.4) is 0 Å². The summed E-state index contributed by atoms with van der Waals surface area (Å²) in [4.78, 5) is 14.2. The summed E-state index contributed by atoms with van der Waals surface area (Å²) in [5, 5.41) is 3.42. The minimum absolute atomic E-state index is 0.0314. The first-order valence-electron chi connectivity index (χ1n) is 6.73. The van der Waals surface area contributed by atoms with Crippen LogP contribution in [-0.2, 0) is 11.2 Å². The van der Waals surface area contributed by atoms with Crippen LogP contribution in [0.1, 0.15) is 25.8 Å². The van der Waals surface area contributed by atoms with E-state index in [2.05, 4.69) is 47.2 Å². The third-order valence-corrected chi connectivity index (χ3v) is 3.93. The lowest BCUT2D eigenvalue weighted by atomic mass is 10.0. The van der Waals surface area contributed by atoms with Gasteiger partial charge in [-0.3, -0.25) is 4.79 Å². The molecule has 1 fully saturated rings. The second-order valence-corrected chi connectivity index (χ2v) is 6.67. The topological polar surface area (TPSA) is 32.3 Å². The molecule has 0 aromatic heterocycles. The molecule has 19 heavy (non-hydrogen) atoms. The molecule has 2 rings (SSSR count). The number of hydrogen-bond donors (Lipinski definition) is 1. The average Bonchev–Trinajstić information content (AvgIpc) is 2.35. The van der Waals surface area contributed by atoms with Crippen LogP contribution >= 0.6 is 15.9 Å². The summed E-state index contributed by atoms with van der Waals surface area (Å²) in [5.41, 5.74) is 1.24. The van der Waals surface area contributed by atoms with Gasteiger partial charge in [-0.15, -0.1) is 0 Å². The molecule has 0 spiro atoms. The lowest BCUT2D eigenvalue weighted by Crippen LogP contribution is -2.58. The van der Waals surface area contributed by atoms with Gasteiger partial charge >= 0.3 is 0 Å². The number of halogens is 1. The van der Waals surface area contributed by atoms with E-state index >= 15 is 0 Å². The highest BCUT2D eigenvalue weighted by molar-refractivity contribution is 9.10. The largest absolute Gasteiger partial charge is 0.340 e. The maximum absolute atomic E-state index is 12.2. The Balaban J connectivity index is 1.87. The molecule has 1 heterocycles. The van der Waals surface area contributed by atoms with Gasteiger partial charge in [0.1, 0.15) is 0 Å². The van der Waals surface area contributed by atoms with Crippen LogP contribution in [0.5, 0.6) is 0 Å². The average molecular weight is 325 g/mol. The highest BCUT2D eigenvalue weighted by Gasteiger charge is 2.28. The first kappa shape index (κ1) is 14.5. The molecule has 1 aliphatic rings. The third kappa shape index (κ3) is 4.32. The SMILES string of the molecule is CC1(C)CN(C(=O)CCc2cccc(Br)c2)CCN1. The van der Waals surface area contributed by atoms with Gasteiger partial charge in [-0.05, 0) is 38.0 Å². The third-order valence-electron chi connectivity index (χ3n) is 3.44. The Morgan fingerprint density at radius 1 is 1.47 bits per heavy atom. The number of aryl methyl sites for hydroxylation is 1. The maximum atomic E-state index is 12.2. The van der Waals surface area contributed by atoms with Crippen molar-refractivity contribution in [3.05, 3.63) is 34.3 Å². The molecule has 1 aliphatic heterocycles. The molecular weight excluding hydrogens is 304 g/mol. The predicted molar refractivity (Wildman–Crippen MR) is 81.1 cm³/mol. The van der Waals surface area contributed by atoms with Gasteiger partial charge in [0.2, 0.25) is 5.91 Å². The van der Waals surface area contributed by atoms with Crippen LogP contribution in [0, 0.1) is 0 Å². The fourth-order valence-corrected chi connectivity index (χ4v) is 2.90. The van der Waals surface area contributed by atoms with Gasteiger partial charge in [-0.2, -0.15) is 0 Å². The molecule has 1 saturated heterocycles. The van der Waals surface area contributed by atoms with Crippen LogP contribution in [-0.4, -0.2) is 36.0 Å². The number of hydrogen-bond acceptors (Lipinski definition) is 2. The molecule has 1 N–H and O–H groups in total. The Labute approximate surface area is 123 Å². The van der Waals surface area contributed by atoms with E-state index in [4.69, 9.17) is 0 Å². The molecule has 4 heteroatoms. The Bertz CT molecular complexity index is 459. The normalized spacial score (nSPS) is 18.4. The zero-order valence-corrected chi connectivity index (χ0v) is 13.2. The van der Waals surface area contributed by atoms with Crippen molar-refractivity contribution < 1.29 is 4.79 Å². The van der Waals surface area contributed by atoms with Crippen molar-refractivity contribution >= 4 is 21.8 Å². The van der Waals surface area contributed by atoms with Crippen molar-refractivity contribution in [1.29, 1.82) is 0 Å². The van der Waals surface area contributed by atoms with Gasteiger partial charge in [0.05, 0.1) is 0 Å². The number of piperazine rings is 1. The van der Waals surface area contributed by atoms with Gasteiger partial charge in [0.25, 0.3) is 0 Å². The molecule has 0 bridgehead atoms. The molecule has 1 aromatic carbocycles. The summed E-state index contributed by atoms with van der Waals surface area (Å²) < 4.78 is 1.07. The molecule has 0 aliphatic carbocycles. The predicted octanol–water partition coefficient (Wildman–Crippen LogP) is 2.59. The van der Waals surface area contributed by atoms with Gasteiger partial charge in [-0.25, -0.2) is 0 Å². The number of carbonyl (C=O) groups excluding carboxylic acids is 1. The number of rotatable bonds is 3. The zero-order chi connectivity index (χ0) is 13.9. The van der Waals surface area contributed by atoms with Crippen molar-refractivity contribution in [2.45, 2.75) is 32.2 Å². The first-order valence-corrected chi connectivity index (χ1v) is 7.53. The minimum atomic E-state index is 0.0314. The molecule has 104 valence electrons. The van der Waals surface area contributed by atoms with Crippen molar-refractivity contribution in [2.75, 3.05) is 19.6 Å². The molecule has 0 radical (unpaired) electrons. The highest BCUT2D eigenvalue weighted by Crippen LogP contribution is 2.15. The lowest BCUT2D eigenvalue weighted by molar-refractivity contribution is -0.133. The molecular formula is C15H21BrN2O. The summed E-state index contributed by atoms with van der Waals surface area (Å²) in [7, 11) is 0. The monoisotopic (exact) mass is 324 g/mol. The highest BCUT2D eigenvalue weighted by atomic mass is 79.9. The second kappa shape index (κ2) is 6.06. The molecule has 3 nitrogen and oxygen atoms in total. The van der Waals surface area contributed by atoms with Crippen molar-refractivity contribution in [3.8, 4) is 0 Å². The van der Waals surface area contributed by atoms with Gasteiger partial charge in [0.15, 0.2) is 0 Å². The summed E-state index contributed by atoms with van der Waals surface area (Å²) in [6.45, 7) is 6.78. The van der Waals surface area contributed by atoms with Crippen molar-refractivity contribution in [1.82, 2.24) is 10.2 Å². The van der Waals surface area contributed by atoms with Crippen LogP contribution in [0.4, 0.5) is 0 Å². The van der Waals surface area contributed by atoms with E-state index in [9.17, 15) is 4.79 Å². The standard InChI is InChI=1S/C15H21BrN2O/c1-15(2)11-18(9-8-17-15)14(19)7-6-12-4-3-5-13(16)10-12/h3-5,10,17H,6-9,11H2,1-2H3. The summed E-state index contributed by atoms with van der Waals surface area (Å²) >= 11 is 3.46. The first-order chi connectivity index (χ1) is 8.96. The fourth-order valence-electron chi connectivity index (χ4n) is 2.46. The van der Waals surface area contributed by atoms with Gasteiger partial charge in [0, 0.05) is 36.1 Å². The van der Waals surface area contributed by atoms with E-state index in [-0.39, 0.29) is 11.4 Å². The minimum Gasteiger partial charge on any atom is -0.340 e. The number of carbonyl (C=O) groups is 1. The summed E-state index contributed by atoms with van der Waals surface area (Å²) in [5.74, 6) is 0.259. The number of nitrogens with zero attached hydrogens (tertiary/aromatic N) is 1. The van der Waals surface area contributed by atoms with Crippen LogP contribution in [0.25, 0.3) is 0 Å². The van der Waals surface area contributed by atoms with E-state index in [0.29, 0.717) is 6.42 Å². The quantitative estimate of drug-likeness (QED) is 0.926. The molecule has 1 aromatic rings. The van der Waals surface area contributed by atoms with E-state index < -0.39 is 0 Å². The van der Waals surface area contributed by atoms with Crippen molar-refractivity contribution in [3.63, 3.8) is 0 Å². The maximum Gasteiger partial charge on any atom is 0.223 e. The van der Waals surface area contributed by atoms with Crippen LogP contribution in [0.15, 0.2) is 28.7 Å². The van der Waals surface area contributed by atoms with Gasteiger partial charge < -0.3 is 10.2 Å². The van der Waals surface area contributed by atoms with E-state index in [0.717, 1.165) is 30.5 Å². The van der Waals surface area contributed by atoms with E-state index in [1.165, 1.54) is 5.56 Å². The van der Waals surface area contributed by atoms with Crippen molar-refractivity contribution in [2.24, 2.45) is 0 Å². The lowest BCUT2D eigenvalue weighted by Gasteiger charge is -2.39. The Kier molecular flexibility index (Phi) is 4.63. The smallest absolute Gasteiger partial charge is 0.223 e. The molecule has 0 atom stereocenters. The van der Waals surface area contributed by atoms with Crippen LogP contribution < -0.4 is 5.32 Å². The van der Waals surface area contributed by atoms with Gasteiger partial charge in [-0.1, -0.05) is 28.1 Å². The molecule has 0 saturated carbocycles. The second-order valence-electron chi connectivity index (χ2n) is 5.76. The number of benzene rings is 1. The molecule has 1 amide bonds. The van der Waals surface area contributed by atoms with E-state index in [1.807, 2.05) is 17.0 Å².